The Kier molecular flexibility index (Phi) is 5.62. The molecular formula is C23H22Cl2N2O3. The Hall–Kier alpha value is -2.34. The van der Waals surface area contributed by atoms with Crippen molar-refractivity contribution in [2.45, 2.75) is 19.4 Å². The predicted molar refractivity (Wildman–Crippen MR) is 120 cm³/mol. The zero-order chi connectivity index (χ0) is 21.6. The lowest BCUT2D eigenvalue weighted by atomic mass is 9.98. The van der Waals surface area contributed by atoms with E-state index in [0.29, 0.717) is 33.1 Å². The van der Waals surface area contributed by atoms with Gasteiger partial charge in [0.05, 0.1) is 17.0 Å². The molecule has 0 saturated heterocycles. The highest BCUT2D eigenvalue weighted by molar-refractivity contribution is 6.32. The normalized spacial score (nSPS) is 16.0. The van der Waals surface area contributed by atoms with Gasteiger partial charge in [0.2, 0.25) is 5.76 Å². The molecule has 0 radical (unpaired) electrons. The zero-order valence-corrected chi connectivity index (χ0v) is 18.5. The van der Waals surface area contributed by atoms with Crippen LogP contribution in [0.1, 0.15) is 39.7 Å². The molecule has 1 aliphatic rings. The largest absolute Gasteiger partial charge is 0.450 e. The molecule has 30 heavy (non-hydrogen) atoms. The molecule has 4 rings (SSSR count). The van der Waals surface area contributed by atoms with Crippen molar-refractivity contribution in [2.75, 3.05) is 27.2 Å². The monoisotopic (exact) mass is 444 g/mol. The Bertz CT molecular complexity index is 1200. The maximum absolute atomic E-state index is 13.5. The van der Waals surface area contributed by atoms with Crippen LogP contribution in [-0.2, 0) is 0 Å². The first-order chi connectivity index (χ1) is 14.3. The van der Waals surface area contributed by atoms with Crippen LogP contribution in [0.15, 0.2) is 45.6 Å². The van der Waals surface area contributed by atoms with Crippen molar-refractivity contribution in [3.63, 3.8) is 0 Å². The van der Waals surface area contributed by atoms with Crippen LogP contribution in [0.2, 0.25) is 10.0 Å². The SMILES string of the molecule is Cc1cc2oc3c(c(=O)c2cc1Cl)[C@@H](c1cccc(Cl)c1)N(CCCN(C)C)C3=O. The Morgan fingerprint density at radius 1 is 1.13 bits per heavy atom. The first-order valence-electron chi connectivity index (χ1n) is 9.76. The van der Waals surface area contributed by atoms with Crippen molar-refractivity contribution in [2.24, 2.45) is 0 Å². The lowest BCUT2D eigenvalue weighted by Gasteiger charge is -2.25. The van der Waals surface area contributed by atoms with E-state index >= 15 is 0 Å². The van der Waals surface area contributed by atoms with Gasteiger partial charge in [0.1, 0.15) is 5.58 Å². The fourth-order valence-corrected chi connectivity index (χ4v) is 4.31. The molecule has 5 nitrogen and oxygen atoms in total. The number of rotatable bonds is 5. The fourth-order valence-electron chi connectivity index (χ4n) is 3.95. The summed E-state index contributed by atoms with van der Waals surface area (Å²) in [5.74, 6) is -0.176. The molecule has 3 aromatic rings. The smallest absolute Gasteiger partial charge is 0.290 e. The summed E-state index contributed by atoms with van der Waals surface area (Å²) < 4.78 is 5.98. The Balaban J connectivity index is 1.91. The van der Waals surface area contributed by atoms with Crippen LogP contribution in [0, 0.1) is 6.92 Å². The van der Waals surface area contributed by atoms with Crippen molar-refractivity contribution in [3.05, 3.63) is 79.1 Å². The van der Waals surface area contributed by atoms with E-state index in [2.05, 4.69) is 4.90 Å². The van der Waals surface area contributed by atoms with Crippen LogP contribution in [0.5, 0.6) is 0 Å². The van der Waals surface area contributed by atoms with E-state index in [-0.39, 0.29) is 17.1 Å². The van der Waals surface area contributed by atoms with E-state index in [0.717, 1.165) is 24.1 Å². The van der Waals surface area contributed by atoms with Gasteiger partial charge in [-0.25, -0.2) is 0 Å². The molecule has 0 saturated carbocycles. The van der Waals surface area contributed by atoms with Crippen molar-refractivity contribution in [3.8, 4) is 0 Å². The Labute approximate surface area is 184 Å². The number of halogens is 2. The summed E-state index contributed by atoms with van der Waals surface area (Å²) in [6.45, 7) is 3.15. The summed E-state index contributed by atoms with van der Waals surface area (Å²) in [6, 6.07) is 10.0. The summed E-state index contributed by atoms with van der Waals surface area (Å²) in [4.78, 5) is 30.6. The second kappa shape index (κ2) is 8.06. The van der Waals surface area contributed by atoms with E-state index in [1.165, 1.54) is 0 Å². The zero-order valence-electron chi connectivity index (χ0n) is 17.0. The van der Waals surface area contributed by atoms with E-state index in [9.17, 15) is 9.59 Å². The predicted octanol–water partition coefficient (Wildman–Crippen LogP) is 4.91. The minimum Gasteiger partial charge on any atom is -0.450 e. The molecule has 156 valence electrons. The Morgan fingerprint density at radius 3 is 2.60 bits per heavy atom. The Morgan fingerprint density at radius 2 is 1.90 bits per heavy atom. The summed E-state index contributed by atoms with van der Waals surface area (Å²) in [6.07, 6.45) is 0.766. The molecule has 0 spiro atoms. The topological polar surface area (TPSA) is 53.8 Å². The second-order valence-corrected chi connectivity index (χ2v) is 8.73. The number of hydrogen-bond acceptors (Lipinski definition) is 4. The van der Waals surface area contributed by atoms with Crippen molar-refractivity contribution >= 4 is 40.1 Å². The highest BCUT2D eigenvalue weighted by atomic mass is 35.5. The number of hydrogen-bond donors (Lipinski definition) is 0. The number of nitrogens with zero attached hydrogens (tertiary/aromatic N) is 2. The maximum atomic E-state index is 13.5. The van der Waals surface area contributed by atoms with E-state index in [4.69, 9.17) is 27.6 Å². The number of carbonyl (C=O) groups excluding carboxylic acids is 1. The molecule has 0 bridgehead atoms. The van der Waals surface area contributed by atoms with Gasteiger partial charge in [-0.1, -0.05) is 35.3 Å². The number of benzene rings is 2. The number of aryl methyl sites for hydroxylation is 1. The van der Waals surface area contributed by atoms with Crippen molar-refractivity contribution in [1.82, 2.24) is 9.80 Å². The average molecular weight is 445 g/mol. The van der Waals surface area contributed by atoms with Crippen LogP contribution >= 0.6 is 23.2 Å². The number of amides is 1. The fraction of sp³-hybridized carbons (Fsp3) is 0.304. The molecule has 2 aromatic carbocycles. The lowest BCUT2D eigenvalue weighted by molar-refractivity contribution is 0.0722. The summed E-state index contributed by atoms with van der Waals surface area (Å²) in [5, 5.41) is 1.41. The van der Waals surface area contributed by atoms with Gasteiger partial charge >= 0.3 is 0 Å². The summed E-state index contributed by atoms with van der Waals surface area (Å²) in [7, 11) is 3.97. The molecular weight excluding hydrogens is 423 g/mol. The van der Waals surface area contributed by atoms with Gasteiger partial charge in [-0.2, -0.15) is 0 Å². The molecule has 0 fully saturated rings. The maximum Gasteiger partial charge on any atom is 0.290 e. The molecule has 0 N–H and O–H groups in total. The standard InChI is InChI=1S/C23H22Cl2N2O3/c1-13-10-18-16(12-17(13)25)21(28)19-20(14-6-4-7-15(24)11-14)27(9-5-8-26(2)3)23(29)22(19)30-18/h4,6-7,10-12,20H,5,8-9H2,1-3H3/t20-/m1/s1. The third-order valence-electron chi connectivity index (χ3n) is 5.42. The first kappa shape index (κ1) is 20.9. The highest BCUT2D eigenvalue weighted by Gasteiger charge is 2.42. The lowest BCUT2D eigenvalue weighted by Crippen LogP contribution is -2.32. The van der Waals surface area contributed by atoms with Gasteiger partial charge in [0, 0.05) is 16.6 Å². The molecule has 2 heterocycles. The quantitative estimate of drug-likeness (QED) is 0.561. The molecule has 0 aliphatic carbocycles. The van der Waals surface area contributed by atoms with Gasteiger partial charge in [-0.15, -0.1) is 0 Å². The van der Waals surface area contributed by atoms with Crippen molar-refractivity contribution < 1.29 is 9.21 Å². The van der Waals surface area contributed by atoms with Crippen LogP contribution in [0.25, 0.3) is 11.0 Å². The van der Waals surface area contributed by atoms with E-state index < -0.39 is 6.04 Å². The third-order valence-corrected chi connectivity index (χ3v) is 6.06. The average Bonchev–Trinajstić information content (AvgIpc) is 2.96. The van der Waals surface area contributed by atoms with E-state index in [1.54, 1.807) is 29.2 Å². The van der Waals surface area contributed by atoms with Crippen LogP contribution in [-0.4, -0.2) is 42.9 Å². The van der Waals surface area contributed by atoms with Gasteiger partial charge in [0.25, 0.3) is 5.91 Å². The molecule has 1 aliphatic heterocycles. The number of fused-ring (bicyclic) bond motifs is 2. The molecule has 7 heteroatoms. The van der Waals surface area contributed by atoms with Crippen LogP contribution in [0.4, 0.5) is 0 Å². The third kappa shape index (κ3) is 3.62. The number of carbonyl (C=O) groups is 1. The van der Waals surface area contributed by atoms with Crippen molar-refractivity contribution in [1.29, 1.82) is 0 Å². The first-order valence-corrected chi connectivity index (χ1v) is 10.5. The molecule has 1 aromatic heterocycles. The molecule has 1 atom stereocenters. The van der Waals surface area contributed by atoms with Gasteiger partial charge in [-0.05, 0) is 69.4 Å². The van der Waals surface area contributed by atoms with Gasteiger partial charge in [0.15, 0.2) is 5.43 Å². The summed E-state index contributed by atoms with van der Waals surface area (Å²) >= 11 is 12.5. The van der Waals surface area contributed by atoms with Crippen LogP contribution < -0.4 is 5.43 Å². The molecule has 0 unspecified atom stereocenters. The van der Waals surface area contributed by atoms with Gasteiger partial charge in [-0.3, -0.25) is 9.59 Å². The summed E-state index contributed by atoms with van der Waals surface area (Å²) in [5.41, 5.74) is 2.05. The minimum absolute atomic E-state index is 0.101. The second-order valence-electron chi connectivity index (χ2n) is 7.88. The van der Waals surface area contributed by atoms with Gasteiger partial charge < -0.3 is 14.2 Å². The molecule has 1 amide bonds. The minimum atomic E-state index is -0.547. The highest BCUT2D eigenvalue weighted by Crippen LogP contribution is 2.39. The van der Waals surface area contributed by atoms with E-state index in [1.807, 2.05) is 33.2 Å². The van der Waals surface area contributed by atoms with Crippen LogP contribution in [0.3, 0.4) is 0 Å².